The first-order valence-electron chi connectivity index (χ1n) is 20.9. The molecule has 61 heavy (non-hydrogen) atoms. The average molecular weight is 842 g/mol. The Balaban J connectivity index is 1.42. The maximum absolute atomic E-state index is 14.1. The largest absolute Gasteiger partial charge is 0.458 e. The number of benzene rings is 3. The predicted octanol–water partition coefficient (Wildman–Crippen LogP) is 6.65. The fourth-order valence-electron chi connectivity index (χ4n) is 6.82. The molecule has 0 saturated carbocycles. The first kappa shape index (κ1) is 47.8. The highest BCUT2D eigenvalue weighted by Crippen LogP contribution is 2.44. The lowest BCUT2D eigenvalue weighted by Crippen LogP contribution is -2.61. The first-order chi connectivity index (χ1) is 28.7. The first-order valence-corrected chi connectivity index (χ1v) is 20.9. The molecule has 0 fully saturated rings. The molecule has 5 amide bonds. The number of hydrogen-bond donors (Lipinski definition) is 5. The number of carbonyl (C=O) groups excluding carboxylic acids is 6. The molecule has 14 nitrogen and oxygen atoms in total. The van der Waals surface area contributed by atoms with Gasteiger partial charge in [-0.25, -0.2) is 14.4 Å². The van der Waals surface area contributed by atoms with Crippen molar-refractivity contribution in [1.29, 1.82) is 0 Å². The van der Waals surface area contributed by atoms with Gasteiger partial charge in [0.15, 0.2) is 0 Å². The third-order valence-corrected chi connectivity index (χ3v) is 10.0. The van der Waals surface area contributed by atoms with Crippen LogP contribution in [0.25, 0.3) is 11.1 Å². The van der Waals surface area contributed by atoms with Crippen LogP contribution in [-0.4, -0.2) is 77.8 Å². The van der Waals surface area contributed by atoms with Gasteiger partial charge in [0.25, 0.3) is 0 Å². The van der Waals surface area contributed by atoms with Crippen molar-refractivity contribution in [2.45, 2.75) is 129 Å². The second-order valence-corrected chi connectivity index (χ2v) is 17.9. The Labute approximate surface area is 359 Å². The van der Waals surface area contributed by atoms with E-state index in [-0.39, 0.29) is 44.4 Å². The topological polar surface area (TPSA) is 190 Å². The van der Waals surface area contributed by atoms with E-state index in [1.54, 1.807) is 20.8 Å². The van der Waals surface area contributed by atoms with Gasteiger partial charge in [0.1, 0.15) is 42.0 Å². The lowest BCUT2D eigenvalue weighted by Gasteiger charge is -2.32. The zero-order valence-corrected chi connectivity index (χ0v) is 36.9. The molecule has 0 spiro atoms. The summed E-state index contributed by atoms with van der Waals surface area (Å²) in [6, 6.07) is 22.9. The van der Waals surface area contributed by atoms with Gasteiger partial charge in [0.2, 0.25) is 17.7 Å². The zero-order chi connectivity index (χ0) is 45.0. The molecule has 14 heteroatoms. The highest BCUT2D eigenvalue weighted by Gasteiger charge is 2.38. The van der Waals surface area contributed by atoms with Crippen LogP contribution in [0.2, 0.25) is 0 Å². The quantitative estimate of drug-likeness (QED) is 0.0500. The van der Waals surface area contributed by atoms with Gasteiger partial charge in [-0.3, -0.25) is 14.4 Å². The van der Waals surface area contributed by atoms with Gasteiger partial charge < -0.3 is 40.8 Å². The maximum atomic E-state index is 14.1. The van der Waals surface area contributed by atoms with Crippen molar-refractivity contribution < 1.29 is 43.0 Å². The minimum atomic E-state index is -1.53. The van der Waals surface area contributed by atoms with Crippen molar-refractivity contribution in [3.05, 3.63) is 95.6 Å². The van der Waals surface area contributed by atoms with E-state index < -0.39 is 64.6 Å². The van der Waals surface area contributed by atoms with E-state index in [0.717, 1.165) is 27.8 Å². The van der Waals surface area contributed by atoms with Crippen LogP contribution in [0.4, 0.5) is 9.59 Å². The highest BCUT2D eigenvalue weighted by atomic mass is 16.6. The predicted molar refractivity (Wildman–Crippen MR) is 232 cm³/mol. The molecular formula is C47H63N5O9. The standard InChI is InChI=1S/C47H63N5O9/c1-30(2)27-38(40(54)51-47(8,9)42(56)61-45(3,4)5)49-39(53)37(25-17-18-26-48-43(57)59-28-31-19-11-10-12-20-31)50-41(55)46(6,7)52-44(58)60-29-36-34-23-15-13-21-32(34)33-22-14-16-24-35(33)36/h10-16,19-24,30,36-38H,17-18,25-29H2,1-9H3,(H,48,57)(H,49,53)(H,50,55)(H,51,54)(H,52,58)/t37-,38-/m0/s1. The molecular weight excluding hydrogens is 779 g/mol. The van der Waals surface area contributed by atoms with Crippen LogP contribution < -0.4 is 26.6 Å². The Hall–Kier alpha value is -5.92. The number of hydrogen-bond acceptors (Lipinski definition) is 9. The van der Waals surface area contributed by atoms with E-state index in [1.165, 1.54) is 27.7 Å². The lowest BCUT2D eigenvalue weighted by molar-refractivity contribution is -0.163. The number of ether oxygens (including phenoxy) is 3. The second kappa shape index (κ2) is 21.0. The molecule has 0 aromatic heterocycles. The van der Waals surface area contributed by atoms with E-state index in [2.05, 4.69) is 26.6 Å². The van der Waals surface area contributed by atoms with Crippen LogP contribution in [0, 0.1) is 5.92 Å². The van der Waals surface area contributed by atoms with Gasteiger partial charge in [-0.05, 0) is 108 Å². The Kier molecular flexibility index (Phi) is 16.5. The number of rotatable bonds is 19. The zero-order valence-electron chi connectivity index (χ0n) is 36.9. The maximum Gasteiger partial charge on any atom is 0.408 e. The minimum Gasteiger partial charge on any atom is -0.458 e. The summed E-state index contributed by atoms with van der Waals surface area (Å²) < 4.78 is 16.5. The smallest absolute Gasteiger partial charge is 0.408 e. The summed E-state index contributed by atoms with van der Waals surface area (Å²) in [6.07, 6.45) is -0.240. The number of unbranched alkanes of at least 4 members (excludes halogenated alkanes) is 1. The second-order valence-electron chi connectivity index (χ2n) is 17.9. The molecule has 4 rings (SSSR count). The van der Waals surface area contributed by atoms with Crippen LogP contribution in [-0.2, 0) is 40.0 Å². The molecule has 3 aromatic rings. The fraction of sp³-hybridized carbons (Fsp3) is 0.489. The number of alkyl carbamates (subject to hydrolysis) is 2. The molecule has 1 aliphatic carbocycles. The summed E-state index contributed by atoms with van der Waals surface area (Å²) in [5.74, 6) is -2.78. The van der Waals surface area contributed by atoms with Gasteiger partial charge in [-0.1, -0.05) is 92.7 Å². The number of fused-ring (bicyclic) bond motifs is 3. The van der Waals surface area contributed by atoms with Crippen LogP contribution in [0.3, 0.4) is 0 Å². The van der Waals surface area contributed by atoms with Crippen molar-refractivity contribution in [3.8, 4) is 11.1 Å². The van der Waals surface area contributed by atoms with Crippen LogP contribution in [0.1, 0.15) is 111 Å². The third kappa shape index (κ3) is 14.4. The number of esters is 1. The molecule has 0 unspecified atom stereocenters. The highest BCUT2D eigenvalue weighted by molar-refractivity contribution is 5.96. The van der Waals surface area contributed by atoms with Crippen molar-refractivity contribution in [2.75, 3.05) is 13.2 Å². The summed E-state index contributed by atoms with van der Waals surface area (Å²) in [5, 5.41) is 13.6. The summed E-state index contributed by atoms with van der Waals surface area (Å²) >= 11 is 0. The van der Waals surface area contributed by atoms with Crippen molar-refractivity contribution >= 4 is 35.9 Å². The molecule has 3 aromatic carbocycles. The van der Waals surface area contributed by atoms with Gasteiger partial charge >= 0.3 is 18.2 Å². The van der Waals surface area contributed by atoms with Gasteiger partial charge in [0, 0.05) is 12.5 Å². The van der Waals surface area contributed by atoms with Gasteiger partial charge in [0.05, 0.1) is 0 Å². The number of carbonyl (C=O) groups is 6. The normalized spacial score (nSPS) is 13.5. The molecule has 1 aliphatic rings. The van der Waals surface area contributed by atoms with Crippen molar-refractivity contribution in [2.24, 2.45) is 5.92 Å². The molecule has 0 aliphatic heterocycles. The van der Waals surface area contributed by atoms with Crippen LogP contribution in [0.5, 0.6) is 0 Å². The van der Waals surface area contributed by atoms with Gasteiger partial charge in [-0.2, -0.15) is 0 Å². The van der Waals surface area contributed by atoms with E-state index in [4.69, 9.17) is 14.2 Å². The molecule has 5 N–H and O–H groups in total. The van der Waals surface area contributed by atoms with E-state index >= 15 is 0 Å². The average Bonchev–Trinajstić information content (AvgIpc) is 3.50. The molecule has 0 radical (unpaired) electrons. The summed E-state index contributed by atoms with van der Waals surface area (Å²) in [7, 11) is 0. The Morgan fingerprint density at radius 1 is 0.639 bits per heavy atom. The third-order valence-electron chi connectivity index (χ3n) is 10.0. The fourth-order valence-corrected chi connectivity index (χ4v) is 6.82. The summed E-state index contributed by atoms with van der Waals surface area (Å²) in [4.78, 5) is 80.1. The Morgan fingerprint density at radius 3 is 1.82 bits per heavy atom. The van der Waals surface area contributed by atoms with E-state index in [0.29, 0.717) is 12.8 Å². The SMILES string of the molecule is CC(C)C[C@H](NC(=O)[C@H](CCCCNC(=O)OCc1ccccc1)NC(=O)C(C)(C)NC(=O)OCC1c2ccccc2-c2ccccc21)C(=O)NC(C)(C)C(=O)OC(C)(C)C. The molecule has 0 heterocycles. The monoisotopic (exact) mass is 841 g/mol. The Morgan fingerprint density at radius 2 is 1.23 bits per heavy atom. The van der Waals surface area contributed by atoms with Gasteiger partial charge in [-0.15, -0.1) is 0 Å². The Bertz CT molecular complexity index is 1960. The van der Waals surface area contributed by atoms with Crippen LogP contribution >= 0.6 is 0 Å². The molecule has 0 saturated heterocycles. The van der Waals surface area contributed by atoms with Crippen molar-refractivity contribution in [3.63, 3.8) is 0 Å². The number of amides is 5. The summed E-state index contributed by atoms with van der Waals surface area (Å²) in [5.41, 5.74) is 1.35. The summed E-state index contributed by atoms with van der Waals surface area (Å²) in [6.45, 7) is 15.4. The lowest BCUT2D eigenvalue weighted by atomic mass is 9.98. The molecule has 330 valence electrons. The molecule has 0 bridgehead atoms. The van der Waals surface area contributed by atoms with E-state index in [9.17, 15) is 28.8 Å². The minimum absolute atomic E-state index is 0.0400. The molecule has 2 atom stereocenters. The van der Waals surface area contributed by atoms with E-state index in [1.807, 2.05) is 92.7 Å². The van der Waals surface area contributed by atoms with Crippen molar-refractivity contribution in [1.82, 2.24) is 26.6 Å². The number of nitrogens with one attached hydrogen (secondary N) is 5. The van der Waals surface area contributed by atoms with Crippen LogP contribution in [0.15, 0.2) is 78.9 Å².